The molecule has 0 atom stereocenters. The molecule has 112 valence electrons. The molecule has 2 aromatic rings. The number of carboxylic acid groups (broad SMARTS) is 1. The van der Waals surface area contributed by atoms with Gasteiger partial charge in [-0.2, -0.15) is 0 Å². The van der Waals surface area contributed by atoms with Gasteiger partial charge in [-0.3, -0.25) is 19.0 Å². The zero-order chi connectivity index (χ0) is 15.4. The van der Waals surface area contributed by atoms with Gasteiger partial charge in [-0.25, -0.2) is 4.98 Å². The molecule has 21 heavy (non-hydrogen) atoms. The molecule has 0 saturated heterocycles. The number of fused-ring (bicyclic) bond motifs is 1. The Morgan fingerprint density at radius 1 is 1.43 bits per heavy atom. The van der Waals surface area contributed by atoms with E-state index in [1.54, 1.807) is 6.07 Å². The normalized spacial score (nSPS) is 10.7. The van der Waals surface area contributed by atoms with Gasteiger partial charge in [0.2, 0.25) is 5.91 Å². The van der Waals surface area contributed by atoms with Crippen molar-refractivity contribution >= 4 is 33.4 Å². The molecule has 2 rings (SSSR count). The van der Waals surface area contributed by atoms with E-state index >= 15 is 0 Å². The predicted molar refractivity (Wildman–Crippen MR) is 78.5 cm³/mol. The molecule has 0 saturated carbocycles. The Hall–Kier alpha value is -2.22. The Kier molecular flexibility index (Phi) is 4.69. The van der Waals surface area contributed by atoms with Crippen LogP contribution in [0.1, 0.15) is 17.7 Å². The Bertz CT molecular complexity index is 735. The molecule has 0 spiro atoms. The lowest BCUT2D eigenvalue weighted by Gasteiger charge is -2.06. The number of rotatable bonds is 6. The van der Waals surface area contributed by atoms with Crippen LogP contribution in [0.25, 0.3) is 10.2 Å². The number of carbonyl (C=O) groups excluding carboxylic acids is 1. The quantitative estimate of drug-likeness (QED) is 0.820. The van der Waals surface area contributed by atoms with E-state index in [4.69, 9.17) is 5.11 Å². The first kappa shape index (κ1) is 15.2. The van der Waals surface area contributed by atoms with E-state index in [-0.39, 0.29) is 37.4 Å². The third-order valence-corrected chi connectivity index (χ3v) is 3.84. The number of aryl methyl sites for hydroxylation is 2. The molecule has 0 aliphatic carbocycles. The lowest BCUT2D eigenvalue weighted by Crippen LogP contribution is -2.29. The van der Waals surface area contributed by atoms with E-state index in [2.05, 4.69) is 10.3 Å². The minimum absolute atomic E-state index is 0.0874. The summed E-state index contributed by atoms with van der Waals surface area (Å²) in [6.07, 6.45) is 1.42. The van der Waals surface area contributed by atoms with Crippen molar-refractivity contribution in [2.24, 2.45) is 0 Å². The van der Waals surface area contributed by atoms with Gasteiger partial charge in [0.15, 0.2) is 0 Å². The van der Waals surface area contributed by atoms with E-state index in [1.165, 1.54) is 22.2 Å². The lowest BCUT2D eigenvalue weighted by atomic mass is 10.3. The molecule has 0 radical (unpaired) electrons. The van der Waals surface area contributed by atoms with Crippen LogP contribution in [0.5, 0.6) is 0 Å². The summed E-state index contributed by atoms with van der Waals surface area (Å²) in [7, 11) is 0. The molecule has 0 aromatic carbocycles. The fourth-order valence-corrected chi connectivity index (χ4v) is 2.70. The van der Waals surface area contributed by atoms with E-state index in [9.17, 15) is 14.4 Å². The zero-order valence-electron chi connectivity index (χ0n) is 11.5. The molecular formula is C13H15N3O4S. The highest BCUT2D eigenvalue weighted by molar-refractivity contribution is 7.18. The van der Waals surface area contributed by atoms with Crippen molar-refractivity contribution in [1.82, 2.24) is 14.9 Å². The highest BCUT2D eigenvalue weighted by Crippen LogP contribution is 2.19. The van der Waals surface area contributed by atoms with Crippen molar-refractivity contribution < 1.29 is 14.7 Å². The summed E-state index contributed by atoms with van der Waals surface area (Å²) in [6.45, 7) is 2.21. The van der Waals surface area contributed by atoms with Gasteiger partial charge in [-0.15, -0.1) is 11.3 Å². The number of nitrogens with one attached hydrogen (secondary N) is 1. The summed E-state index contributed by atoms with van der Waals surface area (Å²) in [6, 6.07) is 1.79. The second-order valence-electron chi connectivity index (χ2n) is 4.56. The lowest BCUT2D eigenvalue weighted by molar-refractivity contribution is -0.136. The molecule has 0 bridgehead atoms. The number of aliphatic carboxylic acids is 1. The Morgan fingerprint density at radius 2 is 2.19 bits per heavy atom. The van der Waals surface area contributed by atoms with Crippen molar-refractivity contribution in [2.75, 3.05) is 6.54 Å². The molecule has 1 amide bonds. The fraction of sp³-hybridized carbons (Fsp3) is 0.385. The van der Waals surface area contributed by atoms with Gasteiger partial charge >= 0.3 is 5.97 Å². The van der Waals surface area contributed by atoms with Crippen LogP contribution in [0.15, 0.2) is 17.2 Å². The van der Waals surface area contributed by atoms with Crippen LogP contribution in [0.3, 0.4) is 0 Å². The second-order valence-corrected chi connectivity index (χ2v) is 5.80. The standard InChI is InChI=1S/C13H15N3O4S/c1-8-6-9-12(21-8)15-7-16(13(9)20)5-3-10(17)14-4-2-11(18)19/h6-7H,2-5H2,1H3,(H,14,17)(H,18,19). The van der Waals surface area contributed by atoms with Crippen LogP contribution < -0.4 is 10.9 Å². The minimum atomic E-state index is -0.964. The molecule has 7 nitrogen and oxygen atoms in total. The van der Waals surface area contributed by atoms with Gasteiger partial charge in [-0.1, -0.05) is 0 Å². The molecule has 0 fully saturated rings. The SMILES string of the molecule is Cc1cc2c(=O)n(CCC(=O)NCCC(=O)O)cnc2s1. The Balaban J connectivity index is 1.97. The largest absolute Gasteiger partial charge is 0.481 e. The van der Waals surface area contributed by atoms with E-state index in [0.29, 0.717) is 10.2 Å². The molecule has 2 N–H and O–H groups in total. The highest BCUT2D eigenvalue weighted by Gasteiger charge is 2.09. The highest BCUT2D eigenvalue weighted by atomic mass is 32.1. The number of hydrogen-bond donors (Lipinski definition) is 2. The van der Waals surface area contributed by atoms with E-state index in [0.717, 1.165) is 4.88 Å². The maximum absolute atomic E-state index is 12.2. The third-order valence-electron chi connectivity index (χ3n) is 2.88. The summed E-state index contributed by atoms with van der Waals surface area (Å²) >= 11 is 1.45. The van der Waals surface area contributed by atoms with Gasteiger partial charge in [-0.05, 0) is 13.0 Å². The minimum Gasteiger partial charge on any atom is -0.481 e. The molecule has 0 aliphatic heterocycles. The molecule has 0 aliphatic rings. The van der Waals surface area contributed by atoms with Crippen LogP contribution in [-0.2, 0) is 16.1 Å². The number of hydrogen-bond acceptors (Lipinski definition) is 5. The summed E-state index contributed by atoms with van der Waals surface area (Å²) in [4.78, 5) is 39.9. The first-order chi connectivity index (χ1) is 9.97. The van der Waals surface area contributed by atoms with Crippen LogP contribution in [0, 0.1) is 6.92 Å². The average Bonchev–Trinajstić information content (AvgIpc) is 2.79. The summed E-state index contributed by atoms with van der Waals surface area (Å²) in [5.41, 5.74) is -0.164. The Labute approximate surface area is 124 Å². The number of nitrogens with zero attached hydrogens (tertiary/aromatic N) is 2. The molecule has 0 unspecified atom stereocenters. The van der Waals surface area contributed by atoms with Gasteiger partial charge in [0.05, 0.1) is 18.1 Å². The number of carboxylic acids is 1. The van der Waals surface area contributed by atoms with Gasteiger partial charge < -0.3 is 10.4 Å². The summed E-state index contributed by atoms with van der Waals surface area (Å²) < 4.78 is 1.39. The van der Waals surface area contributed by atoms with Gasteiger partial charge in [0, 0.05) is 24.4 Å². The topological polar surface area (TPSA) is 101 Å². The maximum Gasteiger partial charge on any atom is 0.305 e. The van der Waals surface area contributed by atoms with Crippen molar-refractivity contribution in [3.63, 3.8) is 0 Å². The van der Waals surface area contributed by atoms with Gasteiger partial charge in [0.25, 0.3) is 5.56 Å². The van der Waals surface area contributed by atoms with Crippen molar-refractivity contribution in [3.05, 3.63) is 27.6 Å². The van der Waals surface area contributed by atoms with Crippen LogP contribution in [0.4, 0.5) is 0 Å². The Morgan fingerprint density at radius 3 is 2.90 bits per heavy atom. The predicted octanol–water partition coefficient (Wildman–Crippen LogP) is 0.747. The van der Waals surface area contributed by atoms with Crippen molar-refractivity contribution in [3.8, 4) is 0 Å². The zero-order valence-corrected chi connectivity index (χ0v) is 12.3. The van der Waals surface area contributed by atoms with E-state index < -0.39 is 5.97 Å². The van der Waals surface area contributed by atoms with Crippen molar-refractivity contribution in [2.45, 2.75) is 26.3 Å². The molecule has 2 aromatic heterocycles. The van der Waals surface area contributed by atoms with Crippen LogP contribution >= 0.6 is 11.3 Å². The molecular weight excluding hydrogens is 294 g/mol. The first-order valence-corrected chi connectivity index (χ1v) is 7.23. The summed E-state index contributed by atoms with van der Waals surface area (Å²) in [5.74, 6) is -1.25. The second kappa shape index (κ2) is 6.49. The van der Waals surface area contributed by atoms with Gasteiger partial charge in [0.1, 0.15) is 4.83 Å². The molecule has 2 heterocycles. The van der Waals surface area contributed by atoms with Crippen LogP contribution in [-0.4, -0.2) is 33.1 Å². The van der Waals surface area contributed by atoms with Crippen molar-refractivity contribution in [1.29, 1.82) is 0 Å². The maximum atomic E-state index is 12.2. The number of aromatic nitrogens is 2. The summed E-state index contributed by atoms with van der Waals surface area (Å²) in [5, 5.41) is 11.5. The third kappa shape index (κ3) is 3.88. The van der Waals surface area contributed by atoms with Crippen LogP contribution in [0.2, 0.25) is 0 Å². The number of thiophene rings is 1. The van der Waals surface area contributed by atoms with E-state index in [1.807, 2.05) is 6.92 Å². The monoisotopic (exact) mass is 309 g/mol. The first-order valence-electron chi connectivity index (χ1n) is 6.41. The average molecular weight is 309 g/mol. The molecule has 8 heteroatoms. The smallest absolute Gasteiger partial charge is 0.305 e. The fourth-order valence-electron chi connectivity index (χ4n) is 1.86. The number of carbonyl (C=O) groups is 2. The number of amides is 1.